The zero-order chi connectivity index (χ0) is 28.4. The van der Waals surface area contributed by atoms with E-state index in [4.69, 9.17) is 9.26 Å². The number of carbonyl (C=O) groups is 1. The van der Waals surface area contributed by atoms with Crippen LogP contribution in [0, 0.1) is 5.92 Å². The Morgan fingerprint density at radius 3 is 2.53 bits per heavy atom. The van der Waals surface area contributed by atoms with Crippen LogP contribution in [0.3, 0.4) is 0 Å². The molecular weight excluding hydrogens is 499 g/mol. The lowest BCUT2D eigenvalue weighted by Gasteiger charge is -2.19. The molecular formula is C31H45O6P. The molecule has 0 aliphatic carbocycles. The molecule has 3 unspecified atom stereocenters. The molecule has 3 atom stereocenters. The van der Waals surface area contributed by atoms with Crippen molar-refractivity contribution in [3.8, 4) is 0 Å². The number of phosphoric acid groups is 1. The zero-order valence-electron chi connectivity index (χ0n) is 23.1. The summed E-state index contributed by atoms with van der Waals surface area (Å²) in [6.07, 6.45) is 25.0. The fourth-order valence-corrected chi connectivity index (χ4v) is 4.43. The van der Waals surface area contributed by atoms with Crippen molar-refractivity contribution in [2.45, 2.75) is 84.3 Å². The summed E-state index contributed by atoms with van der Waals surface area (Å²) in [4.78, 5) is 31.4. The number of hydrogen-bond acceptors (Lipinski definition) is 4. The minimum atomic E-state index is -4.63. The summed E-state index contributed by atoms with van der Waals surface area (Å²) >= 11 is 0. The lowest BCUT2D eigenvalue weighted by atomic mass is 9.96. The SMILES string of the molecule is C=CC=C(C)CCC1CC=CC=C(C)C(OP(=O)(O)O)CCCC=CC=CC=CCC(C)C(=C)CC(=O)O1. The Morgan fingerprint density at radius 1 is 1.16 bits per heavy atom. The van der Waals surface area contributed by atoms with Crippen molar-refractivity contribution < 1.29 is 28.4 Å². The van der Waals surface area contributed by atoms with E-state index in [9.17, 15) is 19.1 Å². The smallest absolute Gasteiger partial charge is 0.462 e. The molecule has 0 radical (unpaired) electrons. The molecule has 0 saturated heterocycles. The van der Waals surface area contributed by atoms with Gasteiger partial charge in [-0.05, 0) is 63.9 Å². The molecule has 2 N–H and O–H groups in total. The van der Waals surface area contributed by atoms with E-state index in [2.05, 4.69) is 26.2 Å². The molecule has 38 heavy (non-hydrogen) atoms. The van der Waals surface area contributed by atoms with Crippen LogP contribution in [0.1, 0.15) is 72.1 Å². The van der Waals surface area contributed by atoms with Gasteiger partial charge in [0.15, 0.2) is 0 Å². The fourth-order valence-electron chi connectivity index (χ4n) is 3.82. The second-order valence-corrected chi connectivity index (χ2v) is 10.9. The Morgan fingerprint density at radius 2 is 1.84 bits per heavy atom. The number of ether oxygens (including phenoxy) is 1. The van der Waals surface area contributed by atoms with Crippen molar-refractivity contribution >= 4 is 13.8 Å². The minimum absolute atomic E-state index is 0.160. The van der Waals surface area contributed by atoms with E-state index in [1.54, 1.807) is 19.1 Å². The normalized spacial score (nSPS) is 23.8. The van der Waals surface area contributed by atoms with Crippen molar-refractivity contribution in [1.29, 1.82) is 0 Å². The van der Waals surface area contributed by atoms with Crippen LogP contribution in [0.4, 0.5) is 0 Å². The number of hydrogen-bond donors (Lipinski definition) is 2. The van der Waals surface area contributed by atoms with Crippen LogP contribution >= 0.6 is 7.82 Å². The number of allylic oxidation sites excluding steroid dienone is 11. The standard InChI is InChI=1S/C31H45O6P/c1-6-17-25(2)22-23-29-20-16-15-19-27(4)30(37-38(33,34)35)21-14-12-10-8-7-9-11-13-18-26(3)28(5)24-31(32)36-29/h6-11,13,15-17,19,26,29-30H,1,5,12,14,18,20-24H2,2-4H3,(H2,33,34,35). The molecule has 0 aromatic carbocycles. The molecule has 1 aliphatic heterocycles. The molecule has 7 heteroatoms. The summed E-state index contributed by atoms with van der Waals surface area (Å²) in [5, 5.41) is 0. The van der Waals surface area contributed by atoms with Crippen LogP contribution in [0.15, 0.2) is 96.7 Å². The van der Waals surface area contributed by atoms with Gasteiger partial charge in [-0.2, -0.15) is 0 Å². The zero-order valence-corrected chi connectivity index (χ0v) is 24.0. The molecule has 0 bridgehead atoms. The molecule has 1 heterocycles. The molecule has 1 rings (SSSR count). The number of esters is 1. The highest BCUT2D eigenvalue weighted by Crippen LogP contribution is 2.40. The van der Waals surface area contributed by atoms with Crippen molar-refractivity contribution in [3.05, 3.63) is 96.7 Å². The van der Waals surface area contributed by atoms with Crippen molar-refractivity contribution in [2.75, 3.05) is 0 Å². The molecule has 0 aromatic rings. The van der Waals surface area contributed by atoms with Crippen LogP contribution < -0.4 is 0 Å². The second-order valence-electron chi connectivity index (χ2n) is 9.70. The Labute approximate surface area is 229 Å². The van der Waals surface area contributed by atoms with Gasteiger partial charge in [-0.1, -0.05) is 98.1 Å². The Balaban J connectivity index is 3.11. The van der Waals surface area contributed by atoms with Gasteiger partial charge in [0.1, 0.15) is 6.10 Å². The molecule has 0 spiro atoms. The first-order chi connectivity index (χ1) is 18.0. The average Bonchev–Trinajstić information content (AvgIpc) is 2.83. The van der Waals surface area contributed by atoms with Gasteiger partial charge in [-0.15, -0.1) is 0 Å². The quantitative estimate of drug-likeness (QED) is 0.152. The predicted octanol–water partition coefficient (Wildman–Crippen LogP) is 8.01. The maximum atomic E-state index is 12.7. The van der Waals surface area contributed by atoms with Crippen LogP contribution in [-0.2, 0) is 18.6 Å². The lowest BCUT2D eigenvalue weighted by Crippen LogP contribution is -2.19. The third kappa shape index (κ3) is 16.4. The highest BCUT2D eigenvalue weighted by molar-refractivity contribution is 7.46. The third-order valence-electron chi connectivity index (χ3n) is 6.23. The Bertz CT molecular complexity index is 992. The summed E-state index contributed by atoms with van der Waals surface area (Å²) in [6, 6.07) is 0. The molecule has 0 saturated carbocycles. The molecule has 0 aromatic heterocycles. The number of carbonyl (C=O) groups excluding carboxylic acids is 1. The van der Waals surface area contributed by atoms with Gasteiger partial charge in [0.05, 0.1) is 12.5 Å². The first-order valence-electron chi connectivity index (χ1n) is 13.2. The van der Waals surface area contributed by atoms with E-state index in [0.717, 1.165) is 36.8 Å². The summed E-state index contributed by atoms with van der Waals surface area (Å²) < 4.78 is 22.4. The van der Waals surface area contributed by atoms with Crippen LogP contribution in [0.25, 0.3) is 0 Å². The van der Waals surface area contributed by atoms with E-state index < -0.39 is 13.9 Å². The number of phosphoric ester groups is 1. The van der Waals surface area contributed by atoms with Gasteiger partial charge in [0, 0.05) is 6.42 Å². The lowest BCUT2D eigenvalue weighted by molar-refractivity contribution is -0.148. The largest absolute Gasteiger partial charge is 0.470 e. The van der Waals surface area contributed by atoms with Crippen molar-refractivity contribution in [2.24, 2.45) is 5.92 Å². The van der Waals surface area contributed by atoms with E-state index in [1.807, 2.05) is 55.5 Å². The Kier molecular flexibility index (Phi) is 16.5. The summed E-state index contributed by atoms with van der Waals surface area (Å²) in [7, 11) is -4.63. The highest BCUT2D eigenvalue weighted by Gasteiger charge is 2.23. The highest BCUT2D eigenvalue weighted by atomic mass is 31.2. The molecule has 1 aliphatic rings. The maximum Gasteiger partial charge on any atom is 0.470 e. The van der Waals surface area contributed by atoms with Crippen LogP contribution in [0.2, 0.25) is 0 Å². The second kappa shape index (κ2) is 18.7. The van der Waals surface area contributed by atoms with E-state index in [-0.39, 0.29) is 24.4 Å². The first kappa shape index (κ1) is 33.5. The fraction of sp³-hybridized carbons (Fsp3) is 0.452. The monoisotopic (exact) mass is 544 g/mol. The van der Waals surface area contributed by atoms with Gasteiger partial charge in [0.2, 0.25) is 0 Å². The minimum Gasteiger partial charge on any atom is -0.462 e. The van der Waals surface area contributed by atoms with Crippen LogP contribution in [-0.4, -0.2) is 28.0 Å². The third-order valence-corrected chi connectivity index (χ3v) is 6.76. The van der Waals surface area contributed by atoms with E-state index in [0.29, 0.717) is 24.8 Å². The van der Waals surface area contributed by atoms with Gasteiger partial charge in [-0.25, -0.2) is 4.57 Å². The summed E-state index contributed by atoms with van der Waals surface area (Å²) in [5.74, 6) is -0.128. The summed E-state index contributed by atoms with van der Waals surface area (Å²) in [5.41, 5.74) is 2.71. The van der Waals surface area contributed by atoms with Crippen molar-refractivity contribution in [3.63, 3.8) is 0 Å². The average molecular weight is 545 g/mol. The van der Waals surface area contributed by atoms with Gasteiger partial charge in [-0.3, -0.25) is 9.32 Å². The molecule has 6 nitrogen and oxygen atoms in total. The van der Waals surface area contributed by atoms with Crippen LogP contribution in [0.5, 0.6) is 0 Å². The van der Waals surface area contributed by atoms with E-state index in [1.165, 1.54) is 0 Å². The topological polar surface area (TPSA) is 93.1 Å². The summed E-state index contributed by atoms with van der Waals surface area (Å²) in [6.45, 7) is 13.7. The van der Waals surface area contributed by atoms with Crippen molar-refractivity contribution in [1.82, 2.24) is 0 Å². The van der Waals surface area contributed by atoms with Gasteiger partial charge < -0.3 is 14.5 Å². The molecule has 0 fully saturated rings. The molecule has 0 amide bonds. The molecule has 210 valence electrons. The Hall–Kier alpha value is -2.50. The van der Waals surface area contributed by atoms with Gasteiger partial charge >= 0.3 is 13.8 Å². The predicted molar refractivity (Wildman–Crippen MR) is 156 cm³/mol. The first-order valence-corrected chi connectivity index (χ1v) is 14.8. The number of cyclic esters (lactones) is 1. The van der Waals surface area contributed by atoms with Gasteiger partial charge in [0.25, 0.3) is 0 Å². The number of rotatable bonds is 6. The van der Waals surface area contributed by atoms with E-state index >= 15 is 0 Å². The maximum absolute atomic E-state index is 12.7.